The lowest BCUT2D eigenvalue weighted by atomic mass is 10.3. The van der Waals surface area contributed by atoms with Crippen LogP contribution in [0.2, 0.25) is 15.1 Å². The Labute approximate surface area is 119 Å². The number of nitrogens with zero attached hydrogens (tertiary/aromatic N) is 1. The number of rotatable bonds is 3. The quantitative estimate of drug-likeness (QED) is 0.640. The van der Waals surface area contributed by atoms with Gasteiger partial charge in [0.05, 0.1) is 21.9 Å². The standard InChI is InChI=1S/C12H9Cl3N2O/c1-7-2-3-9(18-7)6-16-17-12-10(14)4-8(13)5-11(12)15/h2-6,17H,1H3. The van der Waals surface area contributed by atoms with Crippen LogP contribution in [0.25, 0.3) is 0 Å². The molecule has 0 saturated carbocycles. The molecule has 0 aliphatic heterocycles. The largest absolute Gasteiger partial charge is 0.460 e. The number of halogens is 3. The molecular weight excluding hydrogens is 295 g/mol. The van der Waals surface area contributed by atoms with Crippen molar-refractivity contribution in [2.45, 2.75) is 6.92 Å². The van der Waals surface area contributed by atoms with Crippen molar-refractivity contribution in [2.75, 3.05) is 5.43 Å². The highest BCUT2D eigenvalue weighted by Gasteiger charge is 2.06. The molecule has 94 valence electrons. The summed E-state index contributed by atoms with van der Waals surface area (Å²) in [4.78, 5) is 0. The second-order valence-corrected chi connectivity index (χ2v) is 4.81. The third-order valence-corrected chi connectivity index (χ3v) is 2.95. The van der Waals surface area contributed by atoms with Crippen LogP contribution in [-0.2, 0) is 0 Å². The van der Waals surface area contributed by atoms with Gasteiger partial charge in [-0.2, -0.15) is 5.10 Å². The van der Waals surface area contributed by atoms with Crippen molar-refractivity contribution in [1.82, 2.24) is 0 Å². The van der Waals surface area contributed by atoms with Crippen molar-refractivity contribution in [3.05, 3.63) is 50.9 Å². The minimum Gasteiger partial charge on any atom is -0.460 e. The van der Waals surface area contributed by atoms with Gasteiger partial charge in [-0.25, -0.2) is 0 Å². The molecule has 1 aromatic carbocycles. The van der Waals surface area contributed by atoms with E-state index in [1.807, 2.05) is 19.1 Å². The summed E-state index contributed by atoms with van der Waals surface area (Å²) in [7, 11) is 0. The predicted molar refractivity (Wildman–Crippen MR) is 76.1 cm³/mol. The molecule has 1 heterocycles. The Balaban J connectivity index is 2.13. The maximum absolute atomic E-state index is 5.99. The number of hydrazone groups is 1. The van der Waals surface area contributed by atoms with Gasteiger partial charge in [-0.3, -0.25) is 5.43 Å². The molecular formula is C12H9Cl3N2O. The van der Waals surface area contributed by atoms with Gasteiger partial charge < -0.3 is 4.42 Å². The Bertz CT molecular complexity index is 570. The highest BCUT2D eigenvalue weighted by molar-refractivity contribution is 6.41. The zero-order chi connectivity index (χ0) is 13.1. The lowest BCUT2D eigenvalue weighted by Gasteiger charge is -2.05. The van der Waals surface area contributed by atoms with E-state index >= 15 is 0 Å². The molecule has 0 radical (unpaired) electrons. The van der Waals surface area contributed by atoms with Gasteiger partial charge in [0.25, 0.3) is 0 Å². The van der Waals surface area contributed by atoms with Crippen LogP contribution in [-0.4, -0.2) is 6.21 Å². The summed E-state index contributed by atoms with van der Waals surface area (Å²) in [6.07, 6.45) is 1.54. The molecule has 1 aromatic heterocycles. The second-order valence-electron chi connectivity index (χ2n) is 3.56. The first-order valence-electron chi connectivity index (χ1n) is 5.06. The van der Waals surface area contributed by atoms with Crippen LogP contribution in [0, 0.1) is 6.92 Å². The molecule has 0 unspecified atom stereocenters. The van der Waals surface area contributed by atoms with Crippen LogP contribution in [0.5, 0.6) is 0 Å². The summed E-state index contributed by atoms with van der Waals surface area (Å²) in [5.41, 5.74) is 3.26. The predicted octanol–water partition coefficient (Wildman–Crippen LogP) is 4.99. The Morgan fingerprint density at radius 1 is 1.17 bits per heavy atom. The summed E-state index contributed by atoms with van der Waals surface area (Å²) < 4.78 is 5.32. The maximum Gasteiger partial charge on any atom is 0.147 e. The van der Waals surface area contributed by atoms with E-state index in [-0.39, 0.29) is 0 Å². The molecule has 0 fully saturated rings. The number of hydrogen-bond acceptors (Lipinski definition) is 3. The normalized spacial score (nSPS) is 11.1. The summed E-state index contributed by atoms with van der Waals surface area (Å²) >= 11 is 17.8. The first-order chi connectivity index (χ1) is 8.56. The summed E-state index contributed by atoms with van der Waals surface area (Å²) in [5.74, 6) is 1.46. The molecule has 0 aliphatic rings. The number of anilines is 1. The van der Waals surface area contributed by atoms with E-state index in [0.29, 0.717) is 26.5 Å². The van der Waals surface area contributed by atoms with Gasteiger partial charge >= 0.3 is 0 Å². The van der Waals surface area contributed by atoms with Gasteiger partial charge in [-0.15, -0.1) is 0 Å². The SMILES string of the molecule is Cc1ccc(C=NNc2c(Cl)cc(Cl)cc2Cl)o1. The van der Waals surface area contributed by atoms with Crippen molar-refractivity contribution in [3.8, 4) is 0 Å². The van der Waals surface area contributed by atoms with E-state index < -0.39 is 0 Å². The highest BCUT2D eigenvalue weighted by atomic mass is 35.5. The van der Waals surface area contributed by atoms with Crippen LogP contribution in [0.15, 0.2) is 33.8 Å². The first kappa shape index (κ1) is 13.3. The third-order valence-electron chi connectivity index (χ3n) is 2.14. The maximum atomic E-state index is 5.99. The summed E-state index contributed by atoms with van der Waals surface area (Å²) in [6, 6.07) is 6.84. The number of nitrogens with one attached hydrogen (secondary N) is 1. The van der Waals surface area contributed by atoms with Crippen molar-refractivity contribution >= 4 is 46.7 Å². The first-order valence-corrected chi connectivity index (χ1v) is 6.19. The molecule has 0 atom stereocenters. The van der Waals surface area contributed by atoms with Crippen LogP contribution in [0.3, 0.4) is 0 Å². The molecule has 3 nitrogen and oxygen atoms in total. The van der Waals surface area contributed by atoms with Crippen molar-refractivity contribution in [1.29, 1.82) is 0 Å². The molecule has 0 saturated heterocycles. The third kappa shape index (κ3) is 3.19. The van der Waals surface area contributed by atoms with Crippen LogP contribution in [0.1, 0.15) is 11.5 Å². The monoisotopic (exact) mass is 302 g/mol. The topological polar surface area (TPSA) is 37.5 Å². The lowest BCUT2D eigenvalue weighted by molar-refractivity contribution is 0.528. The van der Waals surface area contributed by atoms with Gasteiger partial charge in [0, 0.05) is 5.02 Å². The minimum absolute atomic E-state index is 0.403. The lowest BCUT2D eigenvalue weighted by Crippen LogP contribution is -1.92. The van der Waals surface area contributed by atoms with Crippen LogP contribution < -0.4 is 5.43 Å². The number of hydrogen-bond donors (Lipinski definition) is 1. The Morgan fingerprint density at radius 2 is 1.83 bits per heavy atom. The minimum atomic E-state index is 0.403. The molecule has 0 spiro atoms. The fraction of sp³-hybridized carbons (Fsp3) is 0.0833. The van der Waals surface area contributed by atoms with E-state index in [1.165, 1.54) is 6.21 Å². The van der Waals surface area contributed by atoms with Crippen molar-refractivity contribution in [3.63, 3.8) is 0 Å². The fourth-order valence-corrected chi connectivity index (χ4v) is 2.23. The average molecular weight is 304 g/mol. The fourth-order valence-electron chi connectivity index (χ4n) is 1.33. The zero-order valence-corrected chi connectivity index (χ0v) is 11.6. The Morgan fingerprint density at radius 3 is 2.39 bits per heavy atom. The molecule has 18 heavy (non-hydrogen) atoms. The van der Waals surface area contributed by atoms with E-state index in [4.69, 9.17) is 39.2 Å². The molecule has 6 heteroatoms. The van der Waals surface area contributed by atoms with E-state index in [0.717, 1.165) is 5.76 Å². The van der Waals surface area contributed by atoms with Crippen molar-refractivity contribution < 1.29 is 4.42 Å². The Kier molecular flexibility index (Phi) is 4.17. The van der Waals surface area contributed by atoms with Crippen molar-refractivity contribution in [2.24, 2.45) is 5.10 Å². The van der Waals surface area contributed by atoms with Crippen LogP contribution >= 0.6 is 34.8 Å². The molecule has 1 N–H and O–H groups in total. The molecule has 0 bridgehead atoms. The highest BCUT2D eigenvalue weighted by Crippen LogP contribution is 2.33. The Hall–Kier alpha value is -1.16. The average Bonchev–Trinajstić information content (AvgIpc) is 2.68. The molecule has 2 rings (SSSR count). The summed E-state index contributed by atoms with van der Waals surface area (Å²) in [5, 5.41) is 5.28. The van der Waals surface area contributed by atoms with Gasteiger partial charge in [0.1, 0.15) is 11.5 Å². The van der Waals surface area contributed by atoms with Crippen LogP contribution in [0.4, 0.5) is 5.69 Å². The number of benzene rings is 1. The van der Waals surface area contributed by atoms with E-state index in [1.54, 1.807) is 12.1 Å². The van der Waals surface area contributed by atoms with E-state index in [2.05, 4.69) is 10.5 Å². The second kappa shape index (κ2) is 5.65. The zero-order valence-electron chi connectivity index (χ0n) is 9.38. The molecule has 0 aliphatic carbocycles. The van der Waals surface area contributed by atoms with Gasteiger partial charge in [-0.05, 0) is 31.2 Å². The smallest absolute Gasteiger partial charge is 0.147 e. The van der Waals surface area contributed by atoms with Gasteiger partial charge in [0.15, 0.2) is 0 Å². The number of furan rings is 1. The van der Waals surface area contributed by atoms with Gasteiger partial charge in [0.2, 0.25) is 0 Å². The van der Waals surface area contributed by atoms with E-state index in [9.17, 15) is 0 Å². The number of aryl methyl sites for hydroxylation is 1. The van der Waals surface area contributed by atoms with Gasteiger partial charge in [-0.1, -0.05) is 34.8 Å². The molecule has 2 aromatic rings. The summed E-state index contributed by atoms with van der Waals surface area (Å²) in [6.45, 7) is 1.86. The molecule has 0 amide bonds.